The van der Waals surface area contributed by atoms with Gasteiger partial charge in [-0.3, -0.25) is 5.10 Å². The van der Waals surface area contributed by atoms with Crippen LogP contribution in [0.3, 0.4) is 0 Å². The van der Waals surface area contributed by atoms with Gasteiger partial charge in [0, 0.05) is 11.1 Å². The Bertz CT molecular complexity index is 435. The maximum atomic E-state index is 3.96. The maximum absolute atomic E-state index is 3.96. The number of hydrogen-bond acceptors (Lipinski definition) is 2. The van der Waals surface area contributed by atoms with Gasteiger partial charge in [-0.2, -0.15) is 5.10 Å². The van der Waals surface area contributed by atoms with Gasteiger partial charge in [-0.15, -0.1) is 0 Å². The van der Waals surface area contributed by atoms with Crippen LogP contribution in [0.4, 0.5) is 0 Å². The molecule has 0 bridgehead atoms. The number of aryl methyl sites for hydroxylation is 2. The fraction of sp³-hybridized carbons (Fsp3) is 0.250. The maximum Gasteiger partial charge on any atom is 0.0955 e. The van der Waals surface area contributed by atoms with Gasteiger partial charge in [-0.1, -0.05) is 36.9 Å². The highest BCUT2D eigenvalue weighted by molar-refractivity contribution is 7.99. The van der Waals surface area contributed by atoms with E-state index in [1.807, 2.05) is 6.07 Å². The van der Waals surface area contributed by atoms with Gasteiger partial charge in [0.2, 0.25) is 0 Å². The Morgan fingerprint density at radius 2 is 2.20 bits per heavy atom. The van der Waals surface area contributed by atoms with Crippen LogP contribution in [0, 0.1) is 6.92 Å². The summed E-state index contributed by atoms with van der Waals surface area (Å²) >= 11 is 1.75. The Morgan fingerprint density at radius 3 is 2.87 bits per heavy atom. The molecule has 0 atom stereocenters. The first kappa shape index (κ1) is 10.3. The van der Waals surface area contributed by atoms with Gasteiger partial charge in [0.15, 0.2) is 0 Å². The van der Waals surface area contributed by atoms with Crippen molar-refractivity contribution in [3.05, 3.63) is 41.6 Å². The van der Waals surface area contributed by atoms with Crippen LogP contribution in [0.1, 0.15) is 18.1 Å². The molecule has 3 heteroatoms. The normalized spacial score (nSPS) is 10.5. The fourth-order valence-electron chi connectivity index (χ4n) is 1.55. The van der Waals surface area contributed by atoms with E-state index in [4.69, 9.17) is 0 Å². The zero-order chi connectivity index (χ0) is 10.7. The van der Waals surface area contributed by atoms with Gasteiger partial charge in [-0.05, 0) is 30.5 Å². The number of hydrogen-bond donors (Lipinski definition) is 1. The second-order valence-electron chi connectivity index (χ2n) is 3.44. The first-order valence-corrected chi connectivity index (χ1v) is 5.88. The first-order valence-electron chi connectivity index (χ1n) is 5.07. The van der Waals surface area contributed by atoms with Gasteiger partial charge in [0.25, 0.3) is 0 Å². The van der Waals surface area contributed by atoms with Crippen LogP contribution in [-0.4, -0.2) is 10.2 Å². The predicted molar refractivity (Wildman–Crippen MR) is 63.3 cm³/mol. The molecule has 0 aliphatic heterocycles. The summed E-state index contributed by atoms with van der Waals surface area (Å²) in [4.78, 5) is 1.35. The molecule has 2 nitrogen and oxygen atoms in total. The van der Waals surface area contributed by atoms with Crippen molar-refractivity contribution in [2.75, 3.05) is 0 Å². The second-order valence-corrected chi connectivity index (χ2v) is 4.49. The summed E-state index contributed by atoms with van der Waals surface area (Å²) in [5, 5.41) is 8.03. The lowest BCUT2D eigenvalue weighted by atomic mass is 10.1. The highest BCUT2D eigenvalue weighted by atomic mass is 32.2. The molecule has 1 aromatic heterocycles. The van der Waals surface area contributed by atoms with E-state index < -0.39 is 0 Å². The van der Waals surface area contributed by atoms with Crippen molar-refractivity contribution in [3.8, 4) is 0 Å². The van der Waals surface area contributed by atoms with Gasteiger partial charge in [-0.25, -0.2) is 0 Å². The predicted octanol–water partition coefficient (Wildman–Crippen LogP) is 3.43. The first-order chi connectivity index (χ1) is 7.31. The summed E-state index contributed by atoms with van der Waals surface area (Å²) in [6.07, 6.45) is 2.85. The average molecular weight is 218 g/mol. The molecule has 1 aromatic carbocycles. The molecular weight excluding hydrogens is 204 g/mol. The largest absolute Gasteiger partial charge is 0.272 e. The number of aromatic amines is 1. The van der Waals surface area contributed by atoms with E-state index in [9.17, 15) is 0 Å². The Kier molecular flexibility index (Phi) is 3.11. The monoisotopic (exact) mass is 218 g/mol. The second kappa shape index (κ2) is 4.53. The van der Waals surface area contributed by atoms with E-state index >= 15 is 0 Å². The molecule has 1 heterocycles. The minimum atomic E-state index is 1.07. The number of nitrogens with one attached hydrogen (secondary N) is 1. The van der Waals surface area contributed by atoms with E-state index in [1.54, 1.807) is 18.0 Å². The minimum Gasteiger partial charge on any atom is -0.272 e. The number of rotatable bonds is 3. The number of nitrogens with zero attached hydrogens (tertiary/aromatic N) is 1. The van der Waals surface area contributed by atoms with Gasteiger partial charge in [0.1, 0.15) is 0 Å². The summed E-state index contributed by atoms with van der Waals surface area (Å²) in [5.74, 6) is 0. The van der Waals surface area contributed by atoms with E-state index in [0.717, 1.165) is 11.4 Å². The molecule has 0 aliphatic rings. The molecule has 0 amide bonds. The zero-order valence-corrected chi connectivity index (χ0v) is 9.77. The number of benzene rings is 1. The van der Waals surface area contributed by atoms with Crippen molar-refractivity contribution < 1.29 is 0 Å². The highest BCUT2D eigenvalue weighted by Gasteiger charge is 2.06. The van der Waals surface area contributed by atoms with Gasteiger partial charge >= 0.3 is 0 Å². The lowest BCUT2D eigenvalue weighted by Crippen LogP contribution is -1.88. The smallest absolute Gasteiger partial charge is 0.0955 e. The topological polar surface area (TPSA) is 28.7 Å². The molecule has 1 N–H and O–H groups in total. The Balaban J connectivity index is 2.34. The van der Waals surface area contributed by atoms with Gasteiger partial charge in [0.05, 0.1) is 5.03 Å². The van der Waals surface area contributed by atoms with Crippen LogP contribution in [-0.2, 0) is 6.42 Å². The van der Waals surface area contributed by atoms with E-state index in [1.165, 1.54) is 16.0 Å². The standard InChI is InChI=1S/C12H14N2S/c1-3-10-6-4-5-9(2)12(10)15-11-7-8-13-14-11/h4-8H,3H2,1-2H3,(H,13,14). The van der Waals surface area contributed by atoms with E-state index in [0.29, 0.717) is 0 Å². The van der Waals surface area contributed by atoms with Crippen molar-refractivity contribution >= 4 is 11.8 Å². The molecule has 0 fully saturated rings. The Morgan fingerprint density at radius 1 is 1.33 bits per heavy atom. The summed E-state index contributed by atoms with van der Waals surface area (Å²) in [7, 11) is 0. The lowest BCUT2D eigenvalue weighted by Gasteiger charge is -2.09. The molecule has 2 rings (SSSR count). The Labute approximate surface area is 94.1 Å². The van der Waals surface area contributed by atoms with Gasteiger partial charge < -0.3 is 0 Å². The number of aromatic nitrogens is 2. The van der Waals surface area contributed by atoms with Crippen molar-refractivity contribution in [2.45, 2.75) is 30.2 Å². The van der Waals surface area contributed by atoms with Crippen molar-refractivity contribution in [1.29, 1.82) is 0 Å². The zero-order valence-electron chi connectivity index (χ0n) is 8.95. The molecule has 0 aliphatic carbocycles. The Hall–Kier alpha value is -1.22. The molecule has 0 unspecified atom stereocenters. The minimum absolute atomic E-state index is 1.07. The lowest BCUT2D eigenvalue weighted by molar-refractivity contribution is 0.997. The van der Waals surface area contributed by atoms with Crippen molar-refractivity contribution in [2.24, 2.45) is 0 Å². The van der Waals surface area contributed by atoms with E-state index in [2.05, 4.69) is 42.2 Å². The molecule has 78 valence electrons. The third-order valence-electron chi connectivity index (χ3n) is 2.36. The summed E-state index contributed by atoms with van der Waals surface area (Å²) in [6.45, 7) is 4.34. The van der Waals surface area contributed by atoms with Crippen LogP contribution in [0.5, 0.6) is 0 Å². The van der Waals surface area contributed by atoms with Crippen LogP contribution in [0.25, 0.3) is 0 Å². The summed E-state index contributed by atoms with van der Waals surface area (Å²) in [6, 6.07) is 8.45. The summed E-state index contributed by atoms with van der Waals surface area (Å²) in [5.41, 5.74) is 2.73. The average Bonchev–Trinajstić information content (AvgIpc) is 2.74. The van der Waals surface area contributed by atoms with Crippen LogP contribution in [0.2, 0.25) is 0 Å². The molecule has 2 aromatic rings. The van der Waals surface area contributed by atoms with Crippen LogP contribution < -0.4 is 0 Å². The molecule has 0 saturated heterocycles. The highest BCUT2D eigenvalue weighted by Crippen LogP contribution is 2.31. The van der Waals surface area contributed by atoms with E-state index in [-0.39, 0.29) is 0 Å². The summed E-state index contributed by atoms with van der Waals surface area (Å²) < 4.78 is 0. The number of H-pyrrole nitrogens is 1. The fourth-order valence-corrected chi connectivity index (χ4v) is 2.57. The molecule has 0 saturated carbocycles. The molecule has 15 heavy (non-hydrogen) atoms. The van der Waals surface area contributed by atoms with Crippen molar-refractivity contribution in [1.82, 2.24) is 10.2 Å². The van der Waals surface area contributed by atoms with Crippen LogP contribution >= 0.6 is 11.8 Å². The quantitative estimate of drug-likeness (QED) is 0.855. The molecular formula is C12H14N2S. The molecule has 0 spiro atoms. The third kappa shape index (κ3) is 2.23. The van der Waals surface area contributed by atoms with Crippen LogP contribution in [0.15, 0.2) is 40.4 Å². The SMILES string of the molecule is CCc1cccc(C)c1Sc1ccn[nH]1. The third-order valence-corrected chi connectivity index (χ3v) is 3.60. The van der Waals surface area contributed by atoms with Crippen molar-refractivity contribution in [3.63, 3.8) is 0 Å². The molecule has 0 radical (unpaired) electrons.